The van der Waals surface area contributed by atoms with Crippen molar-refractivity contribution in [1.82, 2.24) is 9.88 Å². The molecule has 0 amide bonds. The lowest BCUT2D eigenvalue weighted by atomic mass is 9.85. The minimum atomic E-state index is -0.0104. The molecule has 3 heterocycles. The molecule has 0 aliphatic carbocycles. The molecular weight excluding hydrogens is 240 g/mol. The highest BCUT2D eigenvalue weighted by Crippen LogP contribution is 2.37. The predicted molar refractivity (Wildman–Crippen MR) is 72.8 cm³/mol. The molecule has 0 radical (unpaired) electrons. The summed E-state index contributed by atoms with van der Waals surface area (Å²) in [5.74, 6) is 0. The minimum Gasteiger partial charge on any atom is -0.377 e. The van der Waals surface area contributed by atoms with Gasteiger partial charge in [-0.1, -0.05) is 0 Å². The van der Waals surface area contributed by atoms with Crippen LogP contribution in [0, 0.1) is 0 Å². The molecule has 0 unspecified atom stereocenters. The van der Waals surface area contributed by atoms with Gasteiger partial charge in [0.15, 0.2) is 0 Å². The molecular formula is C15H22N2O2. The molecule has 2 saturated heterocycles. The summed E-state index contributed by atoms with van der Waals surface area (Å²) in [5, 5.41) is 0. The predicted octanol–water partition coefficient (Wildman–Crippen LogP) is 1.85. The van der Waals surface area contributed by atoms with E-state index in [0.29, 0.717) is 0 Å². The number of ether oxygens (including phenoxy) is 2. The first kappa shape index (κ1) is 13.0. The van der Waals surface area contributed by atoms with Crippen LogP contribution in [0.2, 0.25) is 0 Å². The summed E-state index contributed by atoms with van der Waals surface area (Å²) in [6.07, 6.45) is 7.31. The van der Waals surface area contributed by atoms with Gasteiger partial charge in [0.2, 0.25) is 0 Å². The number of aromatic nitrogens is 1. The van der Waals surface area contributed by atoms with Crippen LogP contribution in [0.5, 0.6) is 0 Å². The molecule has 4 heteroatoms. The zero-order chi connectivity index (χ0) is 13.1. The number of methoxy groups -OCH3 is 1. The molecule has 3 rings (SSSR count). The summed E-state index contributed by atoms with van der Waals surface area (Å²) in [6.45, 7) is 3.91. The first-order valence-electron chi connectivity index (χ1n) is 7.10. The molecule has 1 aromatic rings. The van der Waals surface area contributed by atoms with Gasteiger partial charge >= 0.3 is 0 Å². The fourth-order valence-electron chi connectivity index (χ4n) is 3.35. The van der Waals surface area contributed by atoms with E-state index in [1.807, 2.05) is 19.5 Å². The standard InChI is InChI=1S/C15H22N2O2/c1-18-14-12-17(11-13-3-7-16-8-4-13)9-6-15(14)5-2-10-19-15/h3-4,7-8,14H,2,5-6,9-12H2,1H3/t14-,15-/m0/s1. The van der Waals surface area contributed by atoms with Crippen molar-refractivity contribution in [3.8, 4) is 0 Å². The van der Waals surface area contributed by atoms with Crippen LogP contribution in [0.15, 0.2) is 24.5 Å². The normalized spacial score (nSPS) is 31.9. The van der Waals surface area contributed by atoms with E-state index in [2.05, 4.69) is 22.0 Å². The van der Waals surface area contributed by atoms with Gasteiger partial charge in [0, 0.05) is 45.7 Å². The van der Waals surface area contributed by atoms with E-state index >= 15 is 0 Å². The maximum atomic E-state index is 6.02. The largest absolute Gasteiger partial charge is 0.377 e. The number of nitrogens with zero attached hydrogens (tertiary/aromatic N) is 2. The number of hydrogen-bond acceptors (Lipinski definition) is 4. The van der Waals surface area contributed by atoms with E-state index in [1.165, 1.54) is 12.0 Å². The van der Waals surface area contributed by atoms with E-state index in [-0.39, 0.29) is 11.7 Å². The van der Waals surface area contributed by atoms with Crippen molar-refractivity contribution >= 4 is 0 Å². The van der Waals surface area contributed by atoms with Crippen LogP contribution in [0.3, 0.4) is 0 Å². The van der Waals surface area contributed by atoms with Gasteiger partial charge in [0.05, 0.1) is 11.7 Å². The lowest BCUT2D eigenvalue weighted by Gasteiger charge is -2.44. The minimum absolute atomic E-state index is 0.0104. The number of hydrogen-bond donors (Lipinski definition) is 0. The Morgan fingerprint density at radius 3 is 2.95 bits per heavy atom. The molecule has 0 aromatic carbocycles. The van der Waals surface area contributed by atoms with E-state index in [4.69, 9.17) is 9.47 Å². The van der Waals surface area contributed by atoms with E-state index in [0.717, 1.165) is 39.1 Å². The third-order valence-electron chi connectivity index (χ3n) is 4.44. The van der Waals surface area contributed by atoms with Gasteiger partial charge in [-0.05, 0) is 37.0 Å². The quantitative estimate of drug-likeness (QED) is 0.832. The second kappa shape index (κ2) is 5.57. The van der Waals surface area contributed by atoms with Crippen LogP contribution >= 0.6 is 0 Å². The maximum absolute atomic E-state index is 6.02. The van der Waals surface area contributed by atoms with Crippen LogP contribution in [0.25, 0.3) is 0 Å². The Balaban J connectivity index is 1.65. The molecule has 104 valence electrons. The van der Waals surface area contributed by atoms with Crippen molar-refractivity contribution < 1.29 is 9.47 Å². The number of likely N-dealkylation sites (tertiary alicyclic amines) is 1. The van der Waals surface area contributed by atoms with E-state index < -0.39 is 0 Å². The Morgan fingerprint density at radius 2 is 2.26 bits per heavy atom. The molecule has 19 heavy (non-hydrogen) atoms. The second-order valence-electron chi connectivity index (χ2n) is 5.58. The highest BCUT2D eigenvalue weighted by Gasteiger charge is 2.46. The molecule has 4 nitrogen and oxygen atoms in total. The SMILES string of the molecule is CO[C@H]1CN(Cc2ccncc2)CC[C@@]12CCCO2. The van der Waals surface area contributed by atoms with Crippen LogP contribution in [-0.2, 0) is 16.0 Å². The average Bonchev–Trinajstić information content (AvgIpc) is 2.92. The van der Waals surface area contributed by atoms with Crippen molar-refractivity contribution in [2.24, 2.45) is 0 Å². The van der Waals surface area contributed by atoms with Crippen molar-refractivity contribution in [3.05, 3.63) is 30.1 Å². The number of piperidine rings is 1. The third-order valence-corrected chi connectivity index (χ3v) is 4.44. The highest BCUT2D eigenvalue weighted by molar-refractivity contribution is 5.10. The summed E-state index contributed by atoms with van der Waals surface area (Å²) in [7, 11) is 1.81. The Morgan fingerprint density at radius 1 is 1.42 bits per heavy atom. The molecule has 0 saturated carbocycles. The Labute approximate surface area is 114 Å². The van der Waals surface area contributed by atoms with Gasteiger partial charge in [-0.15, -0.1) is 0 Å². The van der Waals surface area contributed by atoms with Gasteiger partial charge < -0.3 is 9.47 Å². The molecule has 1 aromatic heterocycles. The summed E-state index contributed by atoms with van der Waals surface area (Å²) in [5.41, 5.74) is 1.30. The van der Waals surface area contributed by atoms with Crippen molar-refractivity contribution in [2.45, 2.75) is 37.5 Å². The Kier molecular flexibility index (Phi) is 3.82. The van der Waals surface area contributed by atoms with Crippen LogP contribution in [0.1, 0.15) is 24.8 Å². The highest BCUT2D eigenvalue weighted by atomic mass is 16.5. The smallest absolute Gasteiger partial charge is 0.0987 e. The molecule has 2 aliphatic heterocycles. The van der Waals surface area contributed by atoms with Gasteiger partial charge in [0.1, 0.15) is 0 Å². The van der Waals surface area contributed by atoms with E-state index in [1.54, 1.807) is 0 Å². The summed E-state index contributed by atoms with van der Waals surface area (Å²) in [6, 6.07) is 4.16. The first-order valence-corrected chi connectivity index (χ1v) is 7.10. The zero-order valence-electron chi connectivity index (χ0n) is 11.5. The van der Waals surface area contributed by atoms with Gasteiger partial charge in [-0.25, -0.2) is 0 Å². The fraction of sp³-hybridized carbons (Fsp3) is 0.667. The van der Waals surface area contributed by atoms with Gasteiger partial charge in [-0.3, -0.25) is 9.88 Å². The number of rotatable bonds is 3. The second-order valence-corrected chi connectivity index (χ2v) is 5.58. The van der Waals surface area contributed by atoms with Gasteiger partial charge in [-0.2, -0.15) is 0 Å². The zero-order valence-corrected chi connectivity index (χ0v) is 11.5. The summed E-state index contributed by atoms with van der Waals surface area (Å²) < 4.78 is 11.7. The molecule has 2 aliphatic rings. The van der Waals surface area contributed by atoms with Gasteiger partial charge in [0.25, 0.3) is 0 Å². The molecule has 1 spiro atoms. The van der Waals surface area contributed by atoms with Crippen molar-refractivity contribution in [3.63, 3.8) is 0 Å². The first-order chi connectivity index (χ1) is 9.32. The molecule has 2 fully saturated rings. The topological polar surface area (TPSA) is 34.6 Å². The van der Waals surface area contributed by atoms with E-state index in [9.17, 15) is 0 Å². The molecule has 0 bridgehead atoms. The molecule has 2 atom stereocenters. The maximum Gasteiger partial charge on any atom is 0.0987 e. The molecule has 0 N–H and O–H groups in total. The average molecular weight is 262 g/mol. The monoisotopic (exact) mass is 262 g/mol. The van der Waals surface area contributed by atoms with Crippen LogP contribution in [-0.4, -0.2) is 48.4 Å². The Bertz CT molecular complexity index is 404. The van der Waals surface area contributed by atoms with Crippen LogP contribution < -0.4 is 0 Å². The van der Waals surface area contributed by atoms with Crippen LogP contribution in [0.4, 0.5) is 0 Å². The summed E-state index contributed by atoms with van der Waals surface area (Å²) >= 11 is 0. The lowest BCUT2D eigenvalue weighted by Crippen LogP contribution is -2.55. The third kappa shape index (κ3) is 2.66. The lowest BCUT2D eigenvalue weighted by molar-refractivity contribution is -0.143. The number of pyridine rings is 1. The fourth-order valence-corrected chi connectivity index (χ4v) is 3.35. The van der Waals surface area contributed by atoms with Crippen molar-refractivity contribution in [1.29, 1.82) is 0 Å². The van der Waals surface area contributed by atoms with Crippen molar-refractivity contribution in [2.75, 3.05) is 26.8 Å². The Hall–Kier alpha value is -0.970. The summed E-state index contributed by atoms with van der Waals surface area (Å²) in [4.78, 5) is 6.52.